The lowest BCUT2D eigenvalue weighted by Crippen LogP contribution is -2.07. The van der Waals surface area contributed by atoms with E-state index in [1.165, 1.54) is 27.8 Å². The molecule has 32 heavy (non-hydrogen) atoms. The Morgan fingerprint density at radius 1 is 0.688 bits per heavy atom. The molecule has 1 N–H and O–H groups in total. The number of carboxylic acid groups (broad SMARTS) is 1. The highest BCUT2D eigenvalue weighted by Crippen LogP contribution is 2.42. The Hall–Kier alpha value is -2.74. The van der Waals surface area contributed by atoms with Crippen molar-refractivity contribution < 1.29 is 9.90 Å². The minimum absolute atomic E-state index is 0. The zero-order valence-corrected chi connectivity index (χ0v) is 20.6. The van der Waals surface area contributed by atoms with Crippen molar-refractivity contribution in [2.75, 3.05) is 0 Å². The Labute approximate surface area is 202 Å². The quantitative estimate of drug-likeness (QED) is 0.271. The molecule has 0 aliphatic rings. The number of carboxylic acids is 1. The van der Waals surface area contributed by atoms with Gasteiger partial charge in [0.15, 0.2) is 0 Å². The second-order valence-corrected chi connectivity index (χ2v) is 8.22. The lowest BCUT2D eigenvalue weighted by Gasteiger charge is -2.22. The molecule has 0 fully saturated rings. The SMILES string of the molecule is Br.O=C(O)CCCc1cc(P)c(-c2ccccc2)c(-c2ccccc2)c1-c1ccccc1. The van der Waals surface area contributed by atoms with Gasteiger partial charge >= 0.3 is 5.97 Å². The van der Waals surface area contributed by atoms with Gasteiger partial charge in [-0.3, -0.25) is 4.79 Å². The Bertz CT molecular complexity index is 1180. The number of rotatable bonds is 7. The fourth-order valence-electron chi connectivity index (χ4n) is 4.13. The van der Waals surface area contributed by atoms with E-state index in [9.17, 15) is 4.79 Å². The maximum absolute atomic E-state index is 11.1. The summed E-state index contributed by atoms with van der Waals surface area (Å²) in [6.07, 6.45) is 1.49. The lowest BCUT2D eigenvalue weighted by atomic mass is 9.83. The Balaban J connectivity index is 0.00000289. The molecule has 1 atom stereocenters. The molecule has 0 spiro atoms. The Morgan fingerprint density at radius 2 is 1.12 bits per heavy atom. The van der Waals surface area contributed by atoms with Crippen molar-refractivity contribution in [2.45, 2.75) is 19.3 Å². The zero-order chi connectivity index (χ0) is 21.6. The van der Waals surface area contributed by atoms with E-state index in [0.717, 1.165) is 16.4 Å². The zero-order valence-electron chi connectivity index (χ0n) is 17.7. The molecule has 0 aromatic heterocycles. The van der Waals surface area contributed by atoms with Crippen LogP contribution in [0.4, 0.5) is 0 Å². The van der Waals surface area contributed by atoms with Gasteiger partial charge in [-0.15, -0.1) is 26.2 Å². The summed E-state index contributed by atoms with van der Waals surface area (Å²) in [5.41, 5.74) is 8.21. The van der Waals surface area contributed by atoms with Gasteiger partial charge in [0.1, 0.15) is 0 Å². The molecule has 0 saturated carbocycles. The fraction of sp³-hybridized carbons (Fsp3) is 0.107. The Kier molecular flexibility index (Phi) is 8.39. The van der Waals surface area contributed by atoms with Gasteiger partial charge in [-0.1, -0.05) is 97.1 Å². The van der Waals surface area contributed by atoms with Crippen molar-refractivity contribution in [3.05, 3.63) is 103 Å². The van der Waals surface area contributed by atoms with Crippen molar-refractivity contribution in [1.82, 2.24) is 0 Å². The molecule has 0 heterocycles. The van der Waals surface area contributed by atoms with Crippen LogP contribution in [-0.2, 0) is 11.2 Å². The molecule has 0 saturated heterocycles. The van der Waals surface area contributed by atoms with Gasteiger partial charge in [-0.25, -0.2) is 0 Å². The second-order valence-electron chi connectivity index (χ2n) is 7.60. The van der Waals surface area contributed by atoms with Crippen LogP contribution >= 0.6 is 26.2 Å². The molecular weight excluding hydrogens is 479 g/mol. The molecule has 0 amide bonds. The average molecular weight is 505 g/mol. The van der Waals surface area contributed by atoms with Crippen molar-refractivity contribution in [2.24, 2.45) is 0 Å². The predicted octanol–water partition coefficient (Wildman–Crippen LogP) is 7.17. The van der Waals surface area contributed by atoms with E-state index >= 15 is 0 Å². The van der Waals surface area contributed by atoms with Gasteiger partial charge in [-0.05, 0) is 57.1 Å². The standard InChI is InChI=1S/C28H25O2P.BrH/c29-25(30)18-10-17-23-19-24(31)27(21-13-6-2-7-14-21)28(22-15-8-3-9-16-22)26(23)20-11-4-1-5-12-20;/h1-9,11-16,19H,10,17-18,31H2,(H,29,30);1H. The molecule has 4 aromatic rings. The maximum atomic E-state index is 11.1. The number of aliphatic carboxylic acids is 1. The molecule has 4 heteroatoms. The number of hydrogen-bond acceptors (Lipinski definition) is 1. The van der Waals surface area contributed by atoms with E-state index in [-0.39, 0.29) is 23.4 Å². The summed E-state index contributed by atoms with van der Waals surface area (Å²) < 4.78 is 0. The van der Waals surface area contributed by atoms with Crippen LogP contribution in [0.3, 0.4) is 0 Å². The molecule has 4 aromatic carbocycles. The van der Waals surface area contributed by atoms with Crippen molar-refractivity contribution in [3.63, 3.8) is 0 Å². The fourth-order valence-corrected chi connectivity index (χ4v) is 4.65. The van der Waals surface area contributed by atoms with E-state index in [0.29, 0.717) is 12.8 Å². The first kappa shape index (κ1) is 23.9. The van der Waals surface area contributed by atoms with Gasteiger partial charge in [0, 0.05) is 6.42 Å². The van der Waals surface area contributed by atoms with Crippen LogP contribution in [0, 0.1) is 0 Å². The summed E-state index contributed by atoms with van der Waals surface area (Å²) in [7, 11) is 2.91. The molecule has 0 radical (unpaired) electrons. The van der Waals surface area contributed by atoms with Crippen molar-refractivity contribution in [1.29, 1.82) is 0 Å². The third-order valence-corrected chi connectivity index (χ3v) is 5.92. The van der Waals surface area contributed by atoms with Crippen molar-refractivity contribution >= 4 is 37.5 Å². The van der Waals surface area contributed by atoms with Crippen LogP contribution in [0.25, 0.3) is 33.4 Å². The highest BCUT2D eigenvalue weighted by molar-refractivity contribution is 8.93. The summed E-state index contributed by atoms with van der Waals surface area (Å²) in [5.74, 6) is -0.753. The van der Waals surface area contributed by atoms with Crippen molar-refractivity contribution in [3.8, 4) is 33.4 Å². The van der Waals surface area contributed by atoms with E-state index in [1.807, 2.05) is 18.2 Å². The molecule has 4 rings (SSSR count). The number of benzene rings is 4. The molecular formula is C28H26BrO2P. The first-order valence-electron chi connectivity index (χ1n) is 10.5. The van der Waals surface area contributed by atoms with E-state index < -0.39 is 5.97 Å². The summed E-state index contributed by atoms with van der Waals surface area (Å²) >= 11 is 0. The smallest absolute Gasteiger partial charge is 0.303 e. The van der Waals surface area contributed by atoms with Crippen LogP contribution in [0.2, 0.25) is 0 Å². The highest BCUT2D eigenvalue weighted by atomic mass is 79.9. The molecule has 1 unspecified atom stereocenters. The topological polar surface area (TPSA) is 37.3 Å². The third kappa shape index (κ3) is 5.35. The van der Waals surface area contributed by atoms with Crippen LogP contribution < -0.4 is 5.30 Å². The Morgan fingerprint density at radius 3 is 1.59 bits per heavy atom. The predicted molar refractivity (Wildman–Crippen MR) is 143 cm³/mol. The largest absolute Gasteiger partial charge is 0.481 e. The first-order chi connectivity index (χ1) is 15.1. The van der Waals surface area contributed by atoms with Crippen LogP contribution in [0.5, 0.6) is 0 Å². The van der Waals surface area contributed by atoms with E-state index in [4.69, 9.17) is 5.11 Å². The summed E-state index contributed by atoms with van der Waals surface area (Å²) in [5, 5.41) is 10.3. The minimum atomic E-state index is -0.753. The maximum Gasteiger partial charge on any atom is 0.303 e. The molecule has 0 aliphatic carbocycles. The summed E-state index contributed by atoms with van der Waals surface area (Å²) in [6, 6.07) is 33.6. The summed E-state index contributed by atoms with van der Waals surface area (Å²) in [4.78, 5) is 11.1. The number of halogens is 1. The minimum Gasteiger partial charge on any atom is -0.481 e. The normalized spacial score (nSPS) is 10.4. The molecule has 162 valence electrons. The summed E-state index contributed by atoms with van der Waals surface area (Å²) in [6.45, 7) is 0. The third-order valence-electron chi connectivity index (χ3n) is 5.46. The monoisotopic (exact) mass is 504 g/mol. The molecule has 0 aliphatic heterocycles. The van der Waals surface area contributed by atoms with E-state index in [2.05, 4.69) is 88.1 Å². The second kappa shape index (κ2) is 11.2. The lowest BCUT2D eigenvalue weighted by molar-refractivity contribution is -0.137. The first-order valence-corrected chi connectivity index (χ1v) is 11.1. The van der Waals surface area contributed by atoms with Crippen LogP contribution in [-0.4, -0.2) is 11.1 Å². The number of carbonyl (C=O) groups is 1. The van der Waals surface area contributed by atoms with Gasteiger partial charge in [0.2, 0.25) is 0 Å². The van der Waals surface area contributed by atoms with Gasteiger partial charge in [0.05, 0.1) is 0 Å². The number of aryl methyl sites for hydroxylation is 1. The molecule has 0 bridgehead atoms. The average Bonchev–Trinajstić information content (AvgIpc) is 2.80. The molecule has 2 nitrogen and oxygen atoms in total. The van der Waals surface area contributed by atoms with Crippen LogP contribution in [0.15, 0.2) is 97.1 Å². The van der Waals surface area contributed by atoms with Gasteiger partial charge in [-0.2, -0.15) is 0 Å². The van der Waals surface area contributed by atoms with Gasteiger partial charge in [0.25, 0.3) is 0 Å². The number of hydrogen-bond donors (Lipinski definition) is 1. The highest BCUT2D eigenvalue weighted by Gasteiger charge is 2.20. The van der Waals surface area contributed by atoms with Gasteiger partial charge < -0.3 is 5.11 Å². The van der Waals surface area contributed by atoms with Crippen LogP contribution in [0.1, 0.15) is 18.4 Å². The van der Waals surface area contributed by atoms with E-state index in [1.54, 1.807) is 0 Å².